The number of carbonyl (C=O) groups is 2. The average Bonchev–Trinajstić information content (AvgIpc) is 3.47. The molecule has 1 heterocycles. The zero-order valence-corrected chi connectivity index (χ0v) is 16.7. The van der Waals surface area contributed by atoms with Gasteiger partial charge < -0.3 is 10.2 Å². The molecule has 0 saturated heterocycles. The number of nitrogens with one attached hydrogen (secondary N) is 1. The second-order valence-corrected chi connectivity index (χ2v) is 8.31. The third kappa shape index (κ3) is 3.21. The zero-order chi connectivity index (χ0) is 19.8. The van der Waals surface area contributed by atoms with Crippen molar-refractivity contribution >= 4 is 17.5 Å². The van der Waals surface area contributed by atoms with Gasteiger partial charge in [0.15, 0.2) is 0 Å². The fourth-order valence-electron chi connectivity index (χ4n) is 4.56. The summed E-state index contributed by atoms with van der Waals surface area (Å²) in [5.41, 5.74) is 2.44. The molecule has 146 valence electrons. The number of rotatable bonds is 7. The number of likely N-dealkylation sites (N-methyl/N-ethyl adjacent to an activating group) is 1. The standard InChI is InChI=1S/C24H28N2O2/c1-3-23(15-16-23)25-21(27)13-14-24(17-18-9-5-4-6-10-18)19-11-7-8-12-20(19)26(2)22(24)28/h4-12H,3,13-17H2,1-2H3,(H,25,27)/t24-/m0/s1. The summed E-state index contributed by atoms with van der Waals surface area (Å²) in [7, 11) is 1.84. The van der Waals surface area contributed by atoms with Gasteiger partial charge in [-0.1, -0.05) is 55.5 Å². The summed E-state index contributed by atoms with van der Waals surface area (Å²) in [6.45, 7) is 2.12. The molecule has 0 unspecified atom stereocenters. The van der Waals surface area contributed by atoms with Gasteiger partial charge >= 0.3 is 0 Å². The first-order chi connectivity index (χ1) is 13.5. The van der Waals surface area contributed by atoms with Crippen LogP contribution in [0, 0.1) is 0 Å². The second-order valence-electron chi connectivity index (χ2n) is 8.31. The molecule has 1 aliphatic carbocycles. The predicted octanol–water partition coefficient (Wildman–Crippen LogP) is 3.98. The van der Waals surface area contributed by atoms with Crippen molar-refractivity contribution < 1.29 is 9.59 Å². The number of amides is 2. The first kappa shape index (κ1) is 18.7. The largest absolute Gasteiger partial charge is 0.351 e. The lowest BCUT2D eigenvalue weighted by atomic mass is 9.73. The first-order valence-corrected chi connectivity index (χ1v) is 10.2. The van der Waals surface area contributed by atoms with Crippen molar-refractivity contribution in [2.45, 2.75) is 56.4 Å². The van der Waals surface area contributed by atoms with E-state index in [0.29, 0.717) is 19.3 Å². The van der Waals surface area contributed by atoms with Crippen LogP contribution in [0.4, 0.5) is 5.69 Å². The van der Waals surface area contributed by atoms with Gasteiger partial charge in [-0.3, -0.25) is 9.59 Å². The Kier molecular flexibility index (Phi) is 4.74. The number of anilines is 1. The maximum atomic E-state index is 13.4. The van der Waals surface area contributed by atoms with Crippen molar-refractivity contribution in [1.29, 1.82) is 0 Å². The number of hydrogen-bond acceptors (Lipinski definition) is 2. The van der Waals surface area contributed by atoms with E-state index in [1.54, 1.807) is 4.90 Å². The Labute approximate surface area is 166 Å². The molecule has 28 heavy (non-hydrogen) atoms. The van der Waals surface area contributed by atoms with Crippen LogP contribution in [0.2, 0.25) is 0 Å². The van der Waals surface area contributed by atoms with E-state index in [9.17, 15) is 9.59 Å². The molecule has 0 bridgehead atoms. The van der Waals surface area contributed by atoms with Gasteiger partial charge in [-0.05, 0) is 49.3 Å². The molecule has 0 spiro atoms. The van der Waals surface area contributed by atoms with Crippen molar-refractivity contribution in [2.75, 3.05) is 11.9 Å². The van der Waals surface area contributed by atoms with E-state index in [1.807, 2.05) is 49.5 Å². The van der Waals surface area contributed by atoms with Crippen LogP contribution in [0.3, 0.4) is 0 Å². The highest BCUT2D eigenvalue weighted by Gasteiger charge is 2.50. The highest BCUT2D eigenvalue weighted by atomic mass is 16.2. The molecule has 1 N–H and O–H groups in total. The lowest BCUT2D eigenvalue weighted by molar-refractivity contribution is -0.125. The molecule has 4 heteroatoms. The Bertz CT molecular complexity index is 888. The lowest BCUT2D eigenvalue weighted by Crippen LogP contribution is -2.42. The van der Waals surface area contributed by atoms with Crippen molar-refractivity contribution in [2.24, 2.45) is 0 Å². The van der Waals surface area contributed by atoms with Crippen molar-refractivity contribution in [3.63, 3.8) is 0 Å². The summed E-state index contributed by atoms with van der Waals surface area (Å²) in [5, 5.41) is 3.21. The van der Waals surface area contributed by atoms with Gasteiger partial charge in [-0.15, -0.1) is 0 Å². The summed E-state index contributed by atoms with van der Waals surface area (Å²) in [6, 6.07) is 18.1. The monoisotopic (exact) mass is 376 g/mol. The fraction of sp³-hybridized carbons (Fsp3) is 0.417. The van der Waals surface area contributed by atoms with Gasteiger partial charge in [0.05, 0.1) is 5.41 Å². The first-order valence-electron chi connectivity index (χ1n) is 10.2. The van der Waals surface area contributed by atoms with Gasteiger partial charge in [-0.25, -0.2) is 0 Å². The number of carbonyl (C=O) groups excluding carboxylic acids is 2. The summed E-state index contributed by atoms with van der Waals surface area (Å²) < 4.78 is 0. The Morgan fingerprint density at radius 2 is 1.75 bits per heavy atom. The van der Waals surface area contributed by atoms with E-state index < -0.39 is 5.41 Å². The maximum absolute atomic E-state index is 13.4. The summed E-state index contributed by atoms with van der Waals surface area (Å²) in [6.07, 6.45) is 4.60. The number of hydrogen-bond donors (Lipinski definition) is 1. The molecule has 0 radical (unpaired) electrons. The van der Waals surface area contributed by atoms with Crippen LogP contribution in [0.5, 0.6) is 0 Å². The molecule has 1 atom stereocenters. The van der Waals surface area contributed by atoms with Gasteiger partial charge in [-0.2, -0.15) is 0 Å². The van der Waals surface area contributed by atoms with E-state index in [-0.39, 0.29) is 17.4 Å². The van der Waals surface area contributed by atoms with E-state index >= 15 is 0 Å². The molecule has 1 saturated carbocycles. The highest BCUT2D eigenvalue weighted by molar-refractivity contribution is 6.08. The molecular weight excluding hydrogens is 348 g/mol. The van der Waals surface area contributed by atoms with Crippen molar-refractivity contribution in [3.8, 4) is 0 Å². The molecule has 4 rings (SSSR count). The molecule has 2 aliphatic rings. The number of nitrogens with zero attached hydrogens (tertiary/aromatic N) is 1. The summed E-state index contributed by atoms with van der Waals surface area (Å²) in [5.74, 6) is 0.147. The molecule has 2 aromatic carbocycles. The van der Waals surface area contributed by atoms with Gasteiger partial charge in [0, 0.05) is 24.7 Å². The quantitative estimate of drug-likeness (QED) is 0.794. The molecular formula is C24H28N2O2. The van der Waals surface area contributed by atoms with Gasteiger partial charge in [0.25, 0.3) is 0 Å². The average molecular weight is 377 g/mol. The minimum Gasteiger partial charge on any atom is -0.351 e. The van der Waals surface area contributed by atoms with Gasteiger partial charge in [0.1, 0.15) is 0 Å². The fourth-order valence-corrected chi connectivity index (χ4v) is 4.56. The topological polar surface area (TPSA) is 49.4 Å². The minimum atomic E-state index is -0.688. The second kappa shape index (κ2) is 7.08. The third-order valence-corrected chi connectivity index (χ3v) is 6.56. The summed E-state index contributed by atoms with van der Waals surface area (Å²) in [4.78, 5) is 27.9. The lowest BCUT2D eigenvalue weighted by Gasteiger charge is -2.29. The Morgan fingerprint density at radius 1 is 1.07 bits per heavy atom. The third-order valence-electron chi connectivity index (χ3n) is 6.56. The SMILES string of the molecule is CCC1(NC(=O)CC[C@@]2(Cc3ccccc3)C(=O)N(C)c3ccccc32)CC1. The smallest absolute Gasteiger partial charge is 0.237 e. The van der Waals surface area contributed by atoms with Crippen molar-refractivity contribution in [3.05, 3.63) is 65.7 Å². The molecule has 1 fully saturated rings. The Morgan fingerprint density at radius 3 is 2.43 bits per heavy atom. The van der Waals surface area contributed by atoms with Crippen LogP contribution in [-0.2, 0) is 21.4 Å². The van der Waals surface area contributed by atoms with Crippen LogP contribution in [0.15, 0.2) is 54.6 Å². The van der Waals surface area contributed by atoms with E-state index in [0.717, 1.165) is 36.1 Å². The Hall–Kier alpha value is -2.62. The van der Waals surface area contributed by atoms with Crippen LogP contribution >= 0.6 is 0 Å². The highest BCUT2D eigenvalue weighted by Crippen LogP contribution is 2.46. The molecule has 2 amide bonds. The molecule has 2 aromatic rings. The number of benzene rings is 2. The van der Waals surface area contributed by atoms with Crippen LogP contribution in [-0.4, -0.2) is 24.4 Å². The minimum absolute atomic E-state index is 0.0120. The van der Waals surface area contributed by atoms with E-state index in [2.05, 4.69) is 24.4 Å². The van der Waals surface area contributed by atoms with Crippen LogP contribution < -0.4 is 10.2 Å². The summed E-state index contributed by atoms with van der Waals surface area (Å²) >= 11 is 0. The van der Waals surface area contributed by atoms with Gasteiger partial charge in [0.2, 0.25) is 11.8 Å². The van der Waals surface area contributed by atoms with Crippen molar-refractivity contribution in [1.82, 2.24) is 5.32 Å². The predicted molar refractivity (Wildman–Crippen MR) is 111 cm³/mol. The number of para-hydroxylation sites is 1. The maximum Gasteiger partial charge on any atom is 0.237 e. The molecule has 1 aliphatic heterocycles. The van der Waals surface area contributed by atoms with E-state index in [4.69, 9.17) is 0 Å². The Balaban J connectivity index is 1.63. The molecule has 4 nitrogen and oxygen atoms in total. The van der Waals surface area contributed by atoms with Crippen LogP contribution in [0.1, 0.15) is 50.2 Å². The number of fused-ring (bicyclic) bond motifs is 1. The normalized spacial score (nSPS) is 22.1. The van der Waals surface area contributed by atoms with E-state index in [1.165, 1.54) is 0 Å². The zero-order valence-electron chi connectivity index (χ0n) is 16.7. The molecule has 0 aromatic heterocycles. The van der Waals surface area contributed by atoms with Crippen LogP contribution in [0.25, 0.3) is 0 Å².